The Hall–Kier alpha value is -0.780. The van der Waals surface area contributed by atoms with Gasteiger partial charge in [0, 0.05) is 17.7 Å². The average Bonchev–Trinajstić information content (AvgIpc) is 2.71. The van der Waals surface area contributed by atoms with Crippen LogP contribution in [0.5, 0.6) is 0 Å². The second-order valence-corrected chi connectivity index (χ2v) is 6.56. The Morgan fingerprint density at radius 1 is 1.45 bits per heavy atom. The van der Waals surface area contributed by atoms with Crippen LogP contribution in [0, 0.1) is 0 Å². The van der Waals surface area contributed by atoms with E-state index in [9.17, 15) is 5.11 Å². The number of thioether (sulfide) groups is 1. The Morgan fingerprint density at radius 2 is 2.20 bits per heavy atom. The summed E-state index contributed by atoms with van der Waals surface area (Å²) in [4.78, 5) is 1.16. The molecule has 0 saturated carbocycles. The molecule has 2 aromatic rings. The van der Waals surface area contributed by atoms with E-state index in [1.165, 1.54) is 5.69 Å². The first-order valence-electron chi connectivity index (χ1n) is 6.64. The molecule has 0 fully saturated rings. The second-order valence-electron chi connectivity index (χ2n) is 4.72. The predicted octanol–water partition coefficient (Wildman–Crippen LogP) is 4.09. The van der Waals surface area contributed by atoms with E-state index in [0.717, 1.165) is 32.8 Å². The van der Waals surface area contributed by atoms with E-state index in [-0.39, 0.29) is 0 Å². The first-order chi connectivity index (χ1) is 9.52. The van der Waals surface area contributed by atoms with Gasteiger partial charge in [-0.2, -0.15) is 5.10 Å². The summed E-state index contributed by atoms with van der Waals surface area (Å²) in [7, 11) is 1.98. The Morgan fingerprint density at radius 3 is 2.80 bits per heavy atom. The smallest absolute Gasteiger partial charge is 0.0767 e. The first kappa shape index (κ1) is 15.6. The maximum atomic E-state index is 9.63. The Bertz CT molecular complexity index is 596. The lowest BCUT2D eigenvalue weighted by Crippen LogP contribution is -1.97. The molecule has 108 valence electrons. The molecule has 0 radical (unpaired) electrons. The molecule has 0 bridgehead atoms. The summed E-state index contributed by atoms with van der Waals surface area (Å²) < 4.78 is 3.05. The van der Waals surface area contributed by atoms with Crippen molar-refractivity contribution in [1.82, 2.24) is 9.78 Å². The van der Waals surface area contributed by atoms with Crippen molar-refractivity contribution in [1.29, 1.82) is 0 Å². The molecular formula is C15H19BrN2OS. The van der Waals surface area contributed by atoms with Crippen molar-refractivity contribution < 1.29 is 5.11 Å². The largest absolute Gasteiger partial charge is 0.389 e. The molecule has 20 heavy (non-hydrogen) atoms. The Balaban J connectivity index is 2.13. The number of rotatable bonds is 5. The summed E-state index contributed by atoms with van der Waals surface area (Å²) in [6, 6.07) is 8.05. The number of aromatic nitrogens is 2. The van der Waals surface area contributed by atoms with Crippen LogP contribution in [-0.2, 0) is 19.2 Å². The molecule has 1 aromatic carbocycles. The van der Waals surface area contributed by atoms with Crippen LogP contribution in [0.15, 0.2) is 33.6 Å². The Kier molecular flexibility index (Phi) is 5.29. The third-order valence-corrected chi connectivity index (χ3v) is 5.14. The fourth-order valence-corrected chi connectivity index (χ4v) is 3.96. The maximum Gasteiger partial charge on any atom is 0.0767 e. The molecule has 5 heteroatoms. The minimum absolute atomic E-state index is 0.425. The van der Waals surface area contributed by atoms with E-state index < -0.39 is 6.10 Å². The minimum atomic E-state index is -0.425. The fraction of sp³-hybridized carbons (Fsp3) is 0.400. The molecule has 2 rings (SSSR count). The summed E-state index contributed by atoms with van der Waals surface area (Å²) in [6.07, 6.45) is 0.502. The number of hydrogen-bond donors (Lipinski definition) is 1. The standard InChI is InChI=1S/C15H19BrN2OS/c1-4-13-15(16)14(18(3)17-13)9-20-12-7-5-6-11(8-12)10(2)19/h5-8,10,19H,4,9H2,1-3H3. The number of aryl methyl sites for hydroxylation is 2. The number of hydrogen-bond acceptors (Lipinski definition) is 3. The highest BCUT2D eigenvalue weighted by molar-refractivity contribution is 9.10. The molecule has 0 aliphatic heterocycles. The van der Waals surface area contributed by atoms with Crippen molar-refractivity contribution in [2.45, 2.75) is 37.0 Å². The van der Waals surface area contributed by atoms with Crippen LogP contribution in [0.1, 0.15) is 36.9 Å². The summed E-state index contributed by atoms with van der Waals surface area (Å²) in [6.45, 7) is 3.89. The summed E-state index contributed by atoms with van der Waals surface area (Å²) in [5.41, 5.74) is 3.24. The minimum Gasteiger partial charge on any atom is -0.389 e. The third kappa shape index (κ3) is 3.45. The lowest BCUT2D eigenvalue weighted by atomic mass is 10.1. The van der Waals surface area contributed by atoms with Gasteiger partial charge in [0.05, 0.1) is 22.0 Å². The van der Waals surface area contributed by atoms with Gasteiger partial charge < -0.3 is 5.11 Å². The Labute approximate surface area is 132 Å². The molecule has 1 heterocycles. The molecule has 0 amide bonds. The van der Waals surface area contributed by atoms with Crippen molar-refractivity contribution in [2.24, 2.45) is 7.05 Å². The number of aliphatic hydroxyl groups is 1. The molecular weight excluding hydrogens is 336 g/mol. The first-order valence-corrected chi connectivity index (χ1v) is 8.41. The molecule has 1 atom stereocenters. The molecule has 1 N–H and O–H groups in total. The van der Waals surface area contributed by atoms with E-state index in [0.29, 0.717) is 0 Å². The monoisotopic (exact) mass is 354 g/mol. The van der Waals surface area contributed by atoms with Crippen molar-refractivity contribution in [3.05, 3.63) is 45.7 Å². The van der Waals surface area contributed by atoms with Crippen LogP contribution in [0.3, 0.4) is 0 Å². The zero-order valence-electron chi connectivity index (χ0n) is 11.9. The summed E-state index contributed by atoms with van der Waals surface area (Å²) in [5.74, 6) is 0.855. The van der Waals surface area contributed by atoms with Gasteiger partial charge in [0.25, 0.3) is 0 Å². The topological polar surface area (TPSA) is 38.0 Å². The molecule has 0 spiro atoms. The maximum absolute atomic E-state index is 9.63. The van der Waals surface area contributed by atoms with Gasteiger partial charge in [-0.15, -0.1) is 11.8 Å². The van der Waals surface area contributed by atoms with Crippen molar-refractivity contribution >= 4 is 27.7 Å². The molecule has 1 unspecified atom stereocenters. The zero-order chi connectivity index (χ0) is 14.7. The molecule has 3 nitrogen and oxygen atoms in total. The SMILES string of the molecule is CCc1nn(C)c(CSc2cccc(C(C)O)c2)c1Br. The highest BCUT2D eigenvalue weighted by atomic mass is 79.9. The third-order valence-electron chi connectivity index (χ3n) is 3.22. The lowest BCUT2D eigenvalue weighted by Gasteiger charge is -2.08. The van der Waals surface area contributed by atoms with Crippen LogP contribution >= 0.6 is 27.7 Å². The lowest BCUT2D eigenvalue weighted by molar-refractivity contribution is 0.199. The van der Waals surface area contributed by atoms with Crippen LogP contribution in [0.2, 0.25) is 0 Å². The highest BCUT2D eigenvalue weighted by Crippen LogP contribution is 2.30. The highest BCUT2D eigenvalue weighted by Gasteiger charge is 2.12. The van der Waals surface area contributed by atoms with Crippen LogP contribution in [-0.4, -0.2) is 14.9 Å². The molecule has 1 aromatic heterocycles. The van der Waals surface area contributed by atoms with E-state index in [1.54, 1.807) is 18.7 Å². The molecule has 0 saturated heterocycles. The number of benzene rings is 1. The zero-order valence-corrected chi connectivity index (χ0v) is 14.3. The number of aliphatic hydroxyl groups excluding tert-OH is 1. The fourth-order valence-electron chi connectivity index (χ4n) is 1.99. The predicted molar refractivity (Wildman–Crippen MR) is 86.9 cm³/mol. The van der Waals surface area contributed by atoms with Crippen LogP contribution < -0.4 is 0 Å². The average molecular weight is 355 g/mol. The summed E-state index contributed by atoms with van der Waals surface area (Å²) in [5, 5.41) is 14.1. The van der Waals surface area contributed by atoms with Gasteiger partial charge in [-0.05, 0) is 47.0 Å². The van der Waals surface area contributed by atoms with Gasteiger partial charge in [-0.1, -0.05) is 19.1 Å². The quantitative estimate of drug-likeness (QED) is 0.821. The molecule has 0 aliphatic rings. The van der Waals surface area contributed by atoms with Gasteiger partial charge >= 0.3 is 0 Å². The van der Waals surface area contributed by atoms with Gasteiger partial charge in [-0.3, -0.25) is 4.68 Å². The van der Waals surface area contributed by atoms with E-state index in [2.05, 4.69) is 34.0 Å². The van der Waals surface area contributed by atoms with Gasteiger partial charge in [-0.25, -0.2) is 0 Å². The van der Waals surface area contributed by atoms with Crippen molar-refractivity contribution in [3.8, 4) is 0 Å². The van der Waals surface area contributed by atoms with Crippen LogP contribution in [0.4, 0.5) is 0 Å². The number of halogens is 1. The van der Waals surface area contributed by atoms with Crippen molar-refractivity contribution in [2.75, 3.05) is 0 Å². The molecule has 0 aliphatic carbocycles. The second kappa shape index (κ2) is 6.78. The van der Waals surface area contributed by atoms with Gasteiger partial charge in [0.15, 0.2) is 0 Å². The van der Waals surface area contributed by atoms with Gasteiger partial charge in [0.1, 0.15) is 0 Å². The van der Waals surface area contributed by atoms with E-state index >= 15 is 0 Å². The number of nitrogens with zero attached hydrogens (tertiary/aromatic N) is 2. The van der Waals surface area contributed by atoms with E-state index in [1.807, 2.05) is 29.9 Å². The van der Waals surface area contributed by atoms with Crippen molar-refractivity contribution in [3.63, 3.8) is 0 Å². The van der Waals surface area contributed by atoms with E-state index in [4.69, 9.17) is 0 Å². The van der Waals surface area contributed by atoms with Crippen LogP contribution in [0.25, 0.3) is 0 Å². The van der Waals surface area contributed by atoms with Gasteiger partial charge in [0.2, 0.25) is 0 Å². The normalized spacial score (nSPS) is 12.7. The summed E-state index contributed by atoms with van der Waals surface area (Å²) >= 11 is 5.39.